The van der Waals surface area contributed by atoms with Crippen molar-refractivity contribution in [3.8, 4) is 28.6 Å². The van der Waals surface area contributed by atoms with Gasteiger partial charge in [0.25, 0.3) is 0 Å². The van der Waals surface area contributed by atoms with E-state index >= 15 is 0 Å². The lowest BCUT2D eigenvalue weighted by Crippen LogP contribution is -2.45. The molecule has 0 saturated heterocycles. The molecule has 5 rings (SSSR count). The minimum atomic E-state index is -0.474. The van der Waals surface area contributed by atoms with Gasteiger partial charge >= 0.3 is 0 Å². The Hall–Kier alpha value is -3.61. The molecule has 1 amide bonds. The number of amides is 1. The van der Waals surface area contributed by atoms with Crippen molar-refractivity contribution in [2.45, 2.75) is 43.6 Å². The van der Waals surface area contributed by atoms with Crippen molar-refractivity contribution in [3.05, 3.63) is 65.7 Å². The number of benzene rings is 2. The second-order valence-corrected chi connectivity index (χ2v) is 8.96. The summed E-state index contributed by atoms with van der Waals surface area (Å²) in [5.41, 5.74) is 3.46. The highest BCUT2D eigenvalue weighted by Crippen LogP contribution is 2.42. The largest absolute Gasteiger partial charge is 0.497 e. The first-order valence-corrected chi connectivity index (χ1v) is 11.7. The van der Waals surface area contributed by atoms with Crippen LogP contribution < -0.4 is 19.5 Å². The van der Waals surface area contributed by atoms with E-state index in [0.29, 0.717) is 12.4 Å². The van der Waals surface area contributed by atoms with Gasteiger partial charge in [-0.15, -0.1) is 10.2 Å². The van der Waals surface area contributed by atoms with Gasteiger partial charge in [-0.2, -0.15) is 0 Å². The summed E-state index contributed by atoms with van der Waals surface area (Å²) in [4.78, 5) is 13.4. The fourth-order valence-electron chi connectivity index (χ4n) is 5.09. The second kappa shape index (κ2) is 9.33. The van der Waals surface area contributed by atoms with Crippen LogP contribution in [-0.4, -0.2) is 43.0 Å². The summed E-state index contributed by atoms with van der Waals surface area (Å²) in [5.74, 6) is 2.23. The van der Waals surface area contributed by atoms with Gasteiger partial charge in [-0.3, -0.25) is 4.79 Å². The minimum Gasteiger partial charge on any atom is -0.497 e. The monoisotopic (exact) mass is 459 g/mol. The molecule has 2 aromatic carbocycles. The standard InChI is InChI=1S/C27H29N3O4/c1-32-21-8-6-20(7-9-21)27(13-3-4-14-27)26(31)28-17-22-16-19-15-18(5-11-24(19)34-22)23-10-12-25(33-2)30-29-23/h5-12,15,22H,3-4,13-14,16-17H2,1-2H3,(H,28,31). The van der Waals surface area contributed by atoms with Crippen molar-refractivity contribution in [3.63, 3.8) is 0 Å². The number of methoxy groups -OCH3 is 2. The molecule has 2 heterocycles. The topological polar surface area (TPSA) is 82.6 Å². The number of ether oxygens (including phenoxy) is 3. The Bertz CT molecular complexity index is 1160. The van der Waals surface area contributed by atoms with Crippen molar-refractivity contribution in [2.24, 2.45) is 0 Å². The number of rotatable bonds is 7. The lowest BCUT2D eigenvalue weighted by atomic mass is 9.78. The van der Waals surface area contributed by atoms with Gasteiger partial charge in [0.2, 0.25) is 11.8 Å². The second-order valence-electron chi connectivity index (χ2n) is 8.96. The predicted octanol–water partition coefficient (Wildman–Crippen LogP) is 4.09. The van der Waals surface area contributed by atoms with Crippen LogP contribution in [0.4, 0.5) is 0 Å². The maximum absolute atomic E-state index is 13.4. The third-order valence-corrected chi connectivity index (χ3v) is 6.97. The van der Waals surface area contributed by atoms with Gasteiger partial charge in [-0.25, -0.2) is 0 Å². The predicted molar refractivity (Wildman–Crippen MR) is 128 cm³/mol. The number of nitrogens with one attached hydrogen (secondary N) is 1. The molecule has 3 aromatic rings. The van der Waals surface area contributed by atoms with Crippen LogP contribution in [-0.2, 0) is 16.6 Å². The van der Waals surface area contributed by atoms with Gasteiger partial charge in [0.1, 0.15) is 17.6 Å². The number of carbonyl (C=O) groups is 1. The van der Waals surface area contributed by atoms with Gasteiger partial charge < -0.3 is 19.5 Å². The molecule has 176 valence electrons. The Balaban J connectivity index is 1.25. The molecular weight excluding hydrogens is 430 g/mol. The molecule has 1 aromatic heterocycles. The smallest absolute Gasteiger partial charge is 0.233 e. The number of hydrogen-bond donors (Lipinski definition) is 1. The first-order valence-electron chi connectivity index (χ1n) is 11.7. The SMILES string of the molecule is COc1ccc(C2(C(=O)NCC3Cc4cc(-c5ccc(OC)nn5)ccc4O3)CCCC2)cc1. The summed E-state index contributed by atoms with van der Waals surface area (Å²) in [6.07, 6.45) is 4.49. The normalized spacial score (nSPS) is 18.1. The minimum absolute atomic E-state index is 0.0870. The molecule has 1 unspecified atom stereocenters. The molecule has 7 nitrogen and oxygen atoms in total. The first-order chi connectivity index (χ1) is 16.6. The van der Waals surface area contributed by atoms with Gasteiger partial charge in [-0.05, 0) is 60.4 Å². The average Bonchev–Trinajstić information content (AvgIpc) is 3.55. The third-order valence-electron chi connectivity index (χ3n) is 6.97. The van der Waals surface area contributed by atoms with Crippen molar-refractivity contribution in [1.29, 1.82) is 0 Å². The van der Waals surface area contributed by atoms with Crippen molar-refractivity contribution >= 4 is 5.91 Å². The summed E-state index contributed by atoms with van der Waals surface area (Å²) >= 11 is 0. The van der Waals surface area contributed by atoms with E-state index in [0.717, 1.165) is 66.0 Å². The molecule has 34 heavy (non-hydrogen) atoms. The van der Waals surface area contributed by atoms with E-state index in [2.05, 4.69) is 21.6 Å². The van der Waals surface area contributed by atoms with E-state index in [1.807, 2.05) is 42.5 Å². The van der Waals surface area contributed by atoms with E-state index in [1.165, 1.54) is 0 Å². The van der Waals surface area contributed by atoms with Crippen LogP contribution in [0.3, 0.4) is 0 Å². The number of fused-ring (bicyclic) bond motifs is 1. The Labute approximate surface area is 199 Å². The molecular formula is C27H29N3O4. The molecule has 0 bridgehead atoms. The fraction of sp³-hybridized carbons (Fsp3) is 0.370. The fourth-order valence-corrected chi connectivity index (χ4v) is 5.09. The van der Waals surface area contributed by atoms with Gasteiger partial charge in [0.15, 0.2) is 0 Å². The maximum atomic E-state index is 13.4. The molecule has 2 aliphatic rings. The van der Waals surface area contributed by atoms with E-state index in [4.69, 9.17) is 14.2 Å². The zero-order valence-electron chi connectivity index (χ0n) is 19.5. The molecule has 1 aliphatic heterocycles. The molecule has 1 fully saturated rings. The maximum Gasteiger partial charge on any atom is 0.233 e. The number of carbonyl (C=O) groups excluding carboxylic acids is 1. The van der Waals surface area contributed by atoms with Crippen LogP contribution in [0.5, 0.6) is 17.4 Å². The quantitative estimate of drug-likeness (QED) is 0.573. The van der Waals surface area contributed by atoms with E-state index in [-0.39, 0.29) is 12.0 Å². The number of hydrogen-bond acceptors (Lipinski definition) is 6. The highest BCUT2D eigenvalue weighted by atomic mass is 16.5. The van der Waals surface area contributed by atoms with Crippen molar-refractivity contribution in [1.82, 2.24) is 15.5 Å². The molecule has 1 N–H and O–H groups in total. The summed E-state index contributed by atoms with van der Waals surface area (Å²) in [6.45, 7) is 0.475. The number of aromatic nitrogens is 2. The van der Waals surface area contributed by atoms with E-state index in [9.17, 15) is 4.79 Å². The molecule has 0 spiro atoms. The first kappa shape index (κ1) is 22.2. The summed E-state index contributed by atoms with van der Waals surface area (Å²) in [6, 6.07) is 17.6. The van der Waals surface area contributed by atoms with Crippen molar-refractivity contribution in [2.75, 3.05) is 20.8 Å². The van der Waals surface area contributed by atoms with Crippen LogP contribution >= 0.6 is 0 Å². The van der Waals surface area contributed by atoms with Crippen LogP contribution in [0.2, 0.25) is 0 Å². The zero-order chi connectivity index (χ0) is 23.5. The van der Waals surface area contributed by atoms with Gasteiger partial charge in [0.05, 0.1) is 31.9 Å². The summed E-state index contributed by atoms with van der Waals surface area (Å²) in [5, 5.41) is 11.5. The number of nitrogens with zero attached hydrogens (tertiary/aromatic N) is 2. The Morgan fingerprint density at radius 3 is 2.50 bits per heavy atom. The Morgan fingerprint density at radius 1 is 1.03 bits per heavy atom. The summed E-state index contributed by atoms with van der Waals surface area (Å²) < 4.78 is 16.5. The highest BCUT2D eigenvalue weighted by Gasteiger charge is 2.43. The average molecular weight is 460 g/mol. The Morgan fingerprint density at radius 2 is 1.82 bits per heavy atom. The van der Waals surface area contributed by atoms with Crippen LogP contribution in [0.15, 0.2) is 54.6 Å². The van der Waals surface area contributed by atoms with Crippen LogP contribution in [0.25, 0.3) is 11.3 Å². The highest BCUT2D eigenvalue weighted by molar-refractivity contribution is 5.88. The molecule has 0 radical (unpaired) electrons. The van der Waals surface area contributed by atoms with Gasteiger partial charge in [-0.1, -0.05) is 25.0 Å². The van der Waals surface area contributed by atoms with Crippen molar-refractivity contribution < 1.29 is 19.0 Å². The lowest BCUT2D eigenvalue weighted by molar-refractivity contribution is -0.127. The lowest BCUT2D eigenvalue weighted by Gasteiger charge is -2.29. The summed E-state index contributed by atoms with van der Waals surface area (Å²) in [7, 11) is 3.22. The van der Waals surface area contributed by atoms with E-state index in [1.54, 1.807) is 20.3 Å². The van der Waals surface area contributed by atoms with Crippen LogP contribution in [0.1, 0.15) is 36.8 Å². The Kier molecular flexibility index (Phi) is 6.09. The molecule has 1 atom stereocenters. The zero-order valence-corrected chi connectivity index (χ0v) is 19.5. The third kappa shape index (κ3) is 4.18. The molecule has 1 aliphatic carbocycles. The molecule has 7 heteroatoms. The van der Waals surface area contributed by atoms with Crippen LogP contribution in [0, 0.1) is 0 Å². The van der Waals surface area contributed by atoms with Gasteiger partial charge in [0, 0.05) is 18.1 Å². The van der Waals surface area contributed by atoms with E-state index < -0.39 is 5.41 Å². The molecule has 1 saturated carbocycles.